The molecule has 2 fully saturated rings. The summed E-state index contributed by atoms with van der Waals surface area (Å²) in [6.45, 7) is 11.3. The number of aromatic nitrogens is 2. The number of carbonyl (C=O) groups excluding carboxylic acids is 1. The summed E-state index contributed by atoms with van der Waals surface area (Å²) in [4.78, 5) is 28.5. The molecule has 3 heterocycles. The number of anilines is 3. The Morgan fingerprint density at radius 2 is 1.93 bits per heavy atom. The minimum absolute atomic E-state index is 0.227. The number of likely N-dealkylation sites (N-methyl/N-ethyl adjacent to an activating group) is 1. The molecule has 1 N–H and O–H groups in total. The number of benzene rings is 1. The van der Waals surface area contributed by atoms with Crippen LogP contribution >= 0.6 is 0 Å². The van der Waals surface area contributed by atoms with Gasteiger partial charge in [-0.3, -0.25) is 4.79 Å². The molecule has 29 heavy (non-hydrogen) atoms. The second-order valence-corrected chi connectivity index (χ2v) is 7.68. The first-order valence-electron chi connectivity index (χ1n) is 10.1. The predicted octanol–water partition coefficient (Wildman–Crippen LogP) is 2.66. The Bertz CT molecular complexity index is 961. The van der Waals surface area contributed by atoms with E-state index in [4.69, 9.17) is 9.97 Å². The van der Waals surface area contributed by atoms with Crippen LogP contribution < -0.4 is 15.1 Å². The number of fused-ring (bicyclic) bond motifs is 1. The molecule has 0 saturated carbocycles. The number of allylic oxidation sites excluding steroid dienone is 1. The summed E-state index contributed by atoms with van der Waals surface area (Å²) < 4.78 is 0. The van der Waals surface area contributed by atoms with Crippen LogP contribution in [0.2, 0.25) is 0 Å². The van der Waals surface area contributed by atoms with Crippen LogP contribution in [0.15, 0.2) is 42.5 Å². The van der Waals surface area contributed by atoms with E-state index in [1.165, 1.54) is 11.6 Å². The zero-order valence-electron chi connectivity index (χ0n) is 17.2. The van der Waals surface area contributed by atoms with Crippen molar-refractivity contribution < 1.29 is 4.79 Å². The summed E-state index contributed by atoms with van der Waals surface area (Å²) in [5.74, 6) is 1.51. The summed E-state index contributed by atoms with van der Waals surface area (Å²) >= 11 is 0. The molecule has 0 aliphatic carbocycles. The topological polar surface area (TPSA) is 64.6 Å². The molecule has 2 saturated heterocycles. The van der Waals surface area contributed by atoms with Crippen molar-refractivity contribution in [1.82, 2.24) is 14.9 Å². The highest BCUT2D eigenvalue weighted by Crippen LogP contribution is 2.32. The largest absolute Gasteiger partial charge is 0.352 e. The van der Waals surface area contributed by atoms with Crippen LogP contribution in [0.25, 0.3) is 10.9 Å². The molecule has 4 rings (SSSR count). The number of rotatable bonds is 4. The van der Waals surface area contributed by atoms with Crippen LogP contribution in [0.3, 0.4) is 0 Å². The Balaban J connectivity index is 1.76. The Morgan fingerprint density at radius 1 is 1.14 bits per heavy atom. The van der Waals surface area contributed by atoms with E-state index in [0.29, 0.717) is 5.69 Å². The van der Waals surface area contributed by atoms with Crippen molar-refractivity contribution >= 4 is 34.3 Å². The number of nitrogens with one attached hydrogen (secondary N) is 1. The van der Waals surface area contributed by atoms with Gasteiger partial charge in [0, 0.05) is 50.3 Å². The van der Waals surface area contributed by atoms with Crippen LogP contribution in [0.1, 0.15) is 13.3 Å². The van der Waals surface area contributed by atoms with Crippen LogP contribution in [0.4, 0.5) is 17.5 Å². The number of hydrogen-bond donors (Lipinski definition) is 1. The monoisotopic (exact) mass is 392 g/mol. The maximum atomic E-state index is 11.7. The third-order valence-electron chi connectivity index (χ3n) is 5.71. The highest BCUT2D eigenvalue weighted by Gasteiger charge is 2.23. The van der Waals surface area contributed by atoms with Gasteiger partial charge in [0.1, 0.15) is 5.82 Å². The molecule has 1 aromatic heterocycles. The molecule has 1 amide bonds. The lowest BCUT2D eigenvalue weighted by molar-refractivity contribution is -0.111. The zero-order chi connectivity index (χ0) is 20.4. The third-order valence-corrected chi connectivity index (χ3v) is 5.71. The molecule has 152 valence electrons. The van der Waals surface area contributed by atoms with Gasteiger partial charge in [-0.05, 0) is 44.7 Å². The Hall–Kier alpha value is -2.93. The van der Waals surface area contributed by atoms with Gasteiger partial charge in [0.05, 0.1) is 5.52 Å². The SMILES string of the molecule is C=CC(=O)Nc1ccc2c(N3CC/C(=C/C)C3)nc(N3CCN(C)CC3)nc2c1. The van der Waals surface area contributed by atoms with Crippen molar-refractivity contribution in [2.75, 3.05) is 61.4 Å². The molecule has 0 unspecified atom stereocenters. The number of nitrogens with zero attached hydrogens (tertiary/aromatic N) is 5. The van der Waals surface area contributed by atoms with Gasteiger partial charge in [0.25, 0.3) is 0 Å². The molecule has 0 bridgehead atoms. The van der Waals surface area contributed by atoms with Gasteiger partial charge in [0.2, 0.25) is 11.9 Å². The van der Waals surface area contributed by atoms with E-state index in [0.717, 1.165) is 68.4 Å². The van der Waals surface area contributed by atoms with Crippen LogP contribution in [0, 0.1) is 0 Å². The molecule has 7 nitrogen and oxygen atoms in total. The van der Waals surface area contributed by atoms with Gasteiger partial charge in [-0.1, -0.05) is 18.2 Å². The maximum Gasteiger partial charge on any atom is 0.247 e. The average molecular weight is 393 g/mol. The van der Waals surface area contributed by atoms with Crippen LogP contribution in [0.5, 0.6) is 0 Å². The van der Waals surface area contributed by atoms with Crippen molar-refractivity contribution in [3.63, 3.8) is 0 Å². The van der Waals surface area contributed by atoms with Crippen molar-refractivity contribution in [3.8, 4) is 0 Å². The quantitative estimate of drug-likeness (QED) is 0.638. The second kappa shape index (κ2) is 8.21. The molecule has 1 aromatic carbocycles. The standard InChI is InChI=1S/C22H28N6O/c1-4-16-8-9-28(15-16)21-18-7-6-17(23-20(29)5-2)14-19(18)24-22(25-21)27-12-10-26(3)11-13-27/h4-7,14H,2,8-13,15H2,1,3H3,(H,23,29)/b16-4-. The third kappa shape index (κ3) is 4.10. The maximum absolute atomic E-state index is 11.7. The molecular weight excluding hydrogens is 364 g/mol. The highest BCUT2D eigenvalue weighted by molar-refractivity contribution is 6.01. The van der Waals surface area contributed by atoms with Crippen LogP contribution in [-0.4, -0.2) is 67.1 Å². The minimum Gasteiger partial charge on any atom is -0.352 e. The van der Waals surface area contributed by atoms with E-state index in [1.54, 1.807) is 0 Å². The lowest BCUT2D eigenvalue weighted by Crippen LogP contribution is -2.45. The predicted molar refractivity (Wildman–Crippen MR) is 119 cm³/mol. The van der Waals surface area contributed by atoms with E-state index in [2.05, 4.69) is 46.6 Å². The van der Waals surface area contributed by atoms with Crippen molar-refractivity contribution in [2.45, 2.75) is 13.3 Å². The van der Waals surface area contributed by atoms with E-state index >= 15 is 0 Å². The summed E-state index contributed by atoms with van der Waals surface area (Å²) in [7, 11) is 2.14. The molecule has 2 aromatic rings. The zero-order valence-corrected chi connectivity index (χ0v) is 17.2. The fourth-order valence-corrected chi connectivity index (χ4v) is 3.86. The lowest BCUT2D eigenvalue weighted by Gasteiger charge is -2.33. The summed E-state index contributed by atoms with van der Waals surface area (Å²) in [5, 5.41) is 3.84. The first kappa shape index (κ1) is 19.4. The van der Waals surface area contributed by atoms with Gasteiger partial charge >= 0.3 is 0 Å². The van der Waals surface area contributed by atoms with Gasteiger partial charge in [-0.2, -0.15) is 4.98 Å². The fourth-order valence-electron chi connectivity index (χ4n) is 3.86. The lowest BCUT2D eigenvalue weighted by atomic mass is 10.2. The number of piperazine rings is 1. The highest BCUT2D eigenvalue weighted by atomic mass is 16.1. The van der Waals surface area contributed by atoms with Gasteiger partial charge in [0.15, 0.2) is 0 Å². The Morgan fingerprint density at radius 3 is 2.62 bits per heavy atom. The van der Waals surface area contributed by atoms with E-state index in [-0.39, 0.29) is 5.91 Å². The van der Waals surface area contributed by atoms with E-state index in [9.17, 15) is 4.79 Å². The first-order chi connectivity index (χ1) is 14.1. The van der Waals surface area contributed by atoms with Crippen molar-refractivity contribution in [2.24, 2.45) is 0 Å². The van der Waals surface area contributed by atoms with Crippen molar-refractivity contribution in [3.05, 3.63) is 42.5 Å². The molecule has 0 spiro atoms. The fraction of sp³-hybridized carbons (Fsp3) is 0.409. The Kier molecular flexibility index (Phi) is 5.49. The average Bonchev–Trinajstić information content (AvgIpc) is 3.22. The van der Waals surface area contributed by atoms with E-state index in [1.807, 2.05) is 18.2 Å². The normalized spacial score (nSPS) is 19.2. The Labute approximate surface area is 171 Å². The van der Waals surface area contributed by atoms with Gasteiger partial charge in [-0.15, -0.1) is 0 Å². The number of hydrogen-bond acceptors (Lipinski definition) is 6. The summed E-state index contributed by atoms with van der Waals surface area (Å²) in [5.41, 5.74) is 3.00. The molecular formula is C22H28N6O. The first-order valence-corrected chi connectivity index (χ1v) is 10.1. The van der Waals surface area contributed by atoms with Gasteiger partial charge in [-0.25, -0.2) is 4.98 Å². The minimum atomic E-state index is -0.227. The summed E-state index contributed by atoms with van der Waals surface area (Å²) in [6.07, 6.45) is 4.54. The smallest absolute Gasteiger partial charge is 0.247 e. The molecule has 0 radical (unpaired) electrons. The summed E-state index contributed by atoms with van der Waals surface area (Å²) in [6, 6.07) is 5.83. The number of carbonyl (C=O) groups is 1. The van der Waals surface area contributed by atoms with E-state index < -0.39 is 0 Å². The van der Waals surface area contributed by atoms with Crippen molar-refractivity contribution in [1.29, 1.82) is 0 Å². The van der Waals surface area contributed by atoms with Gasteiger partial charge < -0.3 is 20.0 Å². The number of amides is 1. The molecule has 2 aliphatic heterocycles. The molecule has 7 heteroatoms. The van der Waals surface area contributed by atoms with Crippen LogP contribution in [-0.2, 0) is 4.79 Å². The molecule has 2 aliphatic rings. The second-order valence-electron chi connectivity index (χ2n) is 7.68. The molecule has 0 atom stereocenters.